The van der Waals surface area contributed by atoms with Crippen molar-refractivity contribution in [1.82, 2.24) is 5.32 Å². The molecule has 0 aliphatic rings. The second kappa shape index (κ2) is 5.93. The van der Waals surface area contributed by atoms with Gasteiger partial charge in [0, 0.05) is 9.61 Å². The summed E-state index contributed by atoms with van der Waals surface area (Å²) in [7, 11) is 1.94. The summed E-state index contributed by atoms with van der Waals surface area (Å²) >= 11 is 3.89. The van der Waals surface area contributed by atoms with E-state index in [1.165, 1.54) is 11.6 Å². The number of hydrogen-bond acceptors (Lipinski definition) is 2. The molecule has 0 amide bonds. The van der Waals surface area contributed by atoms with Crippen LogP contribution in [-0.4, -0.2) is 7.05 Å². The molecule has 0 aliphatic carbocycles. The highest BCUT2D eigenvalue weighted by Crippen LogP contribution is 2.24. The summed E-state index contributed by atoms with van der Waals surface area (Å²) in [6.07, 6.45) is 0.932. The standard InChI is InChI=1S/C13H13FINS/c1-16-13(6-9-4-5-17-8-9)11-3-2-10(14)7-12(11)15/h2-5,7-8,13,16H,6H2,1H3. The van der Waals surface area contributed by atoms with E-state index in [4.69, 9.17) is 0 Å². The van der Waals surface area contributed by atoms with Gasteiger partial charge >= 0.3 is 0 Å². The van der Waals surface area contributed by atoms with Crippen molar-refractivity contribution in [3.8, 4) is 0 Å². The topological polar surface area (TPSA) is 12.0 Å². The third-order valence-corrected chi connectivity index (χ3v) is 4.37. The van der Waals surface area contributed by atoms with E-state index in [1.54, 1.807) is 17.4 Å². The number of likely N-dealkylation sites (N-methyl/N-ethyl adjacent to an activating group) is 1. The quantitative estimate of drug-likeness (QED) is 0.812. The van der Waals surface area contributed by atoms with Gasteiger partial charge in [0.1, 0.15) is 5.82 Å². The molecule has 0 radical (unpaired) electrons. The van der Waals surface area contributed by atoms with E-state index in [0.29, 0.717) is 0 Å². The van der Waals surface area contributed by atoms with Gasteiger partial charge < -0.3 is 5.32 Å². The molecule has 4 heteroatoms. The normalized spacial score (nSPS) is 12.6. The molecule has 2 aromatic rings. The predicted molar refractivity (Wildman–Crippen MR) is 78.9 cm³/mol. The van der Waals surface area contributed by atoms with Crippen LogP contribution in [0.3, 0.4) is 0 Å². The van der Waals surface area contributed by atoms with E-state index >= 15 is 0 Å². The van der Waals surface area contributed by atoms with Gasteiger partial charge in [0.15, 0.2) is 0 Å². The Morgan fingerprint density at radius 3 is 2.82 bits per heavy atom. The van der Waals surface area contributed by atoms with E-state index in [1.807, 2.05) is 13.1 Å². The molecule has 1 N–H and O–H groups in total. The van der Waals surface area contributed by atoms with Crippen LogP contribution in [0.5, 0.6) is 0 Å². The van der Waals surface area contributed by atoms with Crippen molar-refractivity contribution in [3.63, 3.8) is 0 Å². The highest BCUT2D eigenvalue weighted by molar-refractivity contribution is 14.1. The van der Waals surface area contributed by atoms with Gasteiger partial charge in [-0.2, -0.15) is 11.3 Å². The Labute approximate surface area is 118 Å². The van der Waals surface area contributed by atoms with Gasteiger partial charge in [0.05, 0.1) is 0 Å². The van der Waals surface area contributed by atoms with Crippen LogP contribution in [0.4, 0.5) is 4.39 Å². The summed E-state index contributed by atoms with van der Waals surface area (Å²) in [6.45, 7) is 0. The maximum absolute atomic E-state index is 13.1. The molecule has 1 heterocycles. The summed E-state index contributed by atoms with van der Waals surface area (Å²) in [4.78, 5) is 0. The second-order valence-electron chi connectivity index (χ2n) is 3.84. The minimum atomic E-state index is -0.177. The monoisotopic (exact) mass is 361 g/mol. The molecule has 1 nitrogen and oxygen atoms in total. The highest BCUT2D eigenvalue weighted by atomic mass is 127. The third-order valence-electron chi connectivity index (χ3n) is 2.71. The molecule has 0 saturated heterocycles. The van der Waals surface area contributed by atoms with Crippen LogP contribution in [0.1, 0.15) is 17.2 Å². The van der Waals surface area contributed by atoms with Gasteiger partial charge in [-0.15, -0.1) is 0 Å². The lowest BCUT2D eigenvalue weighted by Crippen LogP contribution is -2.19. The van der Waals surface area contributed by atoms with Crippen molar-refractivity contribution < 1.29 is 4.39 Å². The average Bonchev–Trinajstić information content (AvgIpc) is 2.79. The lowest BCUT2D eigenvalue weighted by molar-refractivity contribution is 0.583. The molecule has 2 rings (SSSR count). The summed E-state index contributed by atoms with van der Waals surface area (Å²) in [5.41, 5.74) is 2.47. The first-order valence-electron chi connectivity index (χ1n) is 5.34. The molecule has 0 aliphatic heterocycles. The van der Waals surface area contributed by atoms with Gasteiger partial charge in [0.25, 0.3) is 0 Å². The molecule has 90 valence electrons. The number of benzene rings is 1. The van der Waals surface area contributed by atoms with Crippen LogP contribution in [0, 0.1) is 9.39 Å². The van der Waals surface area contributed by atoms with Crippen LogP contribution in [0.15, 0.2) is 35.0 Å². The van der Waals surface area contributed by atoms with Crippen LogP contribution in [0.25, 0.3) is 0 Å². The zero-order valence-corrected chi connectivity index (χ0v) is 12.4. The fourth-order valence-corrected chi connectivity index (χ4v) is 3.33. The fraction of sp³-hybridized carbons (Fsp3) is 0.231. The first kappa shape index (κ1) is 13.0. The highest BCUT2D eigenvalue weighted by Gasteiger charge is 2.13. The van der Waals surface area contributed by atoms with Crippen molar-refractivity contribution in [3.05, 3.63) is 55.5 Å². The smallest absolute Gasteiger partial charge is 0.124 e. The Bertz CT molecular complexity index is 484. The first-order valence-corrected chi connectivity index (χ1v) is 7.36. The SMILES string of the molecule is CNC(Cc1ccsc1)c1ccc(F)cc1I. The van der Waals surface area contributed by atoms with Gasteiger partial charge in [-0.25, -0.2) is 4.39 Å². The molecule has 1 aromatic carbocycles. The van der Waals surface area contributed by atoms with Gasteiger partial charge in [0.2, 0.25) is 0 Å². The molecule has 0 fully saturated rings. The van der Waals surface area contributed by atoms with E-state index in [-0.39, 0.29) is 11.9 Å². The number of rotatable bonds is 4. The summed E-state index contributed by atoms with van der Waals surface area (Å²) in [6, 6.07) is 7.33. The Morgan fingerprint density at radius 2 is 2.24 bits per heavy atom. The maximum atomic E-state index is 13.1. The largest absolute Gasteiger partial charge is 0.313 e. The minimum Gasteiger partial charge on any atom is -0.313 e. The molecule has 0 bridgehead atoms. The van der Waals surface area contributed by atoms with Crippen LogP contribution in [0.2, 0.25) is 0 Å². The molecular formula is C13H13FINS. The van der Waals surface area contributed by atoms with Gasteiger partial charge in [-0.3, -0.25) is 0 Å². The molecule has 1 atom stereocenters. The molecule has 0 saturated carbocycles. The first-order chi connectivity index (χ1) is 8.20. The zero-order chi connectivity index (χ0) is 12.3. The number of thiophene rings is 1. The molecule has 17 heavy (non-hydrogen) atoms. The molecule has 1 aromatic heterocycles. The summed E-state index contributed by atoms with van der Waals surface area (Å²) in [5, 5.41) is 7.53. The van der Waals surface area contributed by atoms with Crippen LogP contribution < -0.4 is 5.32 Å². The van der Waals surface area contributed by atoms with Crippen molar-refractivity contribution in [2.45, 2.75) is 12.5 Å². The van der Waals surface area contributed by atoms with E-state index in [2.05, 4.69) is 44.7 Å². The van der Waals surface area contributed by atoms with Gasteiger partial charge in [-0.1, -0.05) is 6.07 Å². The average molecular weight is 361 g/mol. The number of hydrogen-bond donors (Lipinski definition) is 1. The van der Waals surface area contributed by atoms with Crippen molar-refractivity contribution >= 4 is 33.9 Å². The third kappa shape index (κ3) is 3.26. The predicted octanol–water partition coefficient (Wildman–Crippen LogP) is 4.00. The van der Waals surface area contributed by atoms with Gasteiger partial charge in [-0.05, 0) is 76.1 Å². The lowest BCUT2D eigenvalue weighted by atomic mass is 10.0. The van der Waals surface area contributed by atoms with Crippen molar-refractivity contribution in [2.75, 3.05) is 7.05 Å². The Balaban J connectivity index is 2.23. The number of halogens is 2. The van der Waals surface area contributed by atoms with Crippen LogP contribution in [-0.2, 0) is 6.42 Å². The Hall–Kier alpha value is -0.460. The Morgan fingerprint density at radius 1 is 1.41 bits per heavy atom. The fourth-order valence-electron chi connectivity index (χ4n) is 1.80. The lowest BCUT2D eigenvalue weighted by Gasteiger charge is -2.17. The second-order valence-corrected chi connectivity index (χ2v) is 5.79. The maximum Gasteiger partial charge on any atom is 0.124 e. The van der Waals surface area contributed by atoms with Crippen molar-refractivity contribution in [1.29, 1.82) is 0 Å². The molecular weight excluding hydrogens is 348 g/mol. The molecule has 1 unspecified atom stereocenters. The summed E-state index contributed by atoms with van der Waals surface area (Å²) in [5.74, 6) is -0.177. The van der Waals surface area contributed by atoms with E-state index in [9.17, 15) is 4.39 Å². The van der Waals surface area contributed by atoms with Crippen LogP contribution >= 0.6 is 33.9 Å². The minimum absolute atomic E-state index is 0.177. The van der Waals surface area contributed by atoms with E-state index in [0.717, 1.165) is 15.6 Å². The zero-order valence-electron chi connectivity index (χ0n) is 9.41. The summed E-state index contributed by atoms with van der Waals surface area (Å²) < 4.78 is 14.0. The number of nitrogens with one attached hydrogen (secondary N) is 1. The van der Waals surface area contributed by atoms with Crippen molar-refractivity contribution in [2.24, 2.45) is 0 Å². The Kier molecular flexibility index (Phi) is 4.53. The molecule has 0 spiro atoms. The van der Waals surface area contributed by atoms with E-state index < -0.39 is 0 Å².